The van der Waals surface area contributed by atoms with E-state index >= 15 is 0 Å². The SMILES string of the molecule is CC(Br)C(C)c1nnnn1C. The Morgan fingerprint density at radius 3 is 2.45 bits per heavy atom. The van der Waals surface area contributed by atoms with Crippen LogP contribution < -0.4 is 0 Å². The molecule has 0 amide bonds. The highest BCUT2D eigenvalue weighted by atomic mass is 79.9. The molecule has 0 spiro atoms. The molecule has 0 aliphatic rings. The summed E-state index contributed by atoms with van der Waals surface area (Å²) in [5, 5.41) is 11.2. The van der Waals surface area contributed by atoms with Crippen LogP contribution in [0, 0.1) is 0 Å². The molecule has 2 atom stereocenters. The van der Waals surface area contributed by atoms with Gasteiger partial charge in [0.2, 0.25) is 0 Å². The van der Waals surface area contributed by atoms with E-state index < -0.39 is 0 Å². The molecule has 0 aliphatic carbocycles. The smallest absolute Gasteiger partial charge is 0.154 e. The second-order valence-corrected chi connectivity index (χ2v) is 4.07. The van der Waals surface area contributed by atoms with Crippen LogP contribution in [0.15, 0.2) is 0 Å². The molecule has 0 radical (unpaired) electrons. The van der Waals surface area contributed by atoms with Gasteiger partial charge in [-0.3, -0.25) is 0 Å². The number of aromatic nitrogens is 4. The van der Waals surface area contributed by atoms with Gasteiger partial charge in [-0.1, -0.05) is 29.8 Å². The Labute approximate surface area is 74.1 Å². The van der Waals surface area contributed by atoms with Gasteiger partial charge in [-0.05, 0) is 10.4 Å². The van der Waals surface area contributed by atoms with E-state index in [1.807, 2.05) is 7.05 Å². The molecular weight excluding hydrogens is 208 g/mol. The lowest BCUT2D eigenvalue weighted by atomic mass is 10.1. The fraction of sp³-hybridized carbons (Fsp3) is 0.833. The molecule has 1 aromatic heterocycles. The van der Waals surface area contributed by atoms with E-state index in [1.165, 1.54) is 0 Å². The van der Waals surface area contributed by atoms with Crippen LogP contribution in [-0.2, 0) is 7.05 Å². The third-order valence-electron chi connectivity index (χ3n) is 1.75. The zero-order valence-corrected chi connectivity index (χ0v) is 8.41. The highest BCUT2D eigenvalue weighted by Gasteiger charge is 2.16. The van der Waals surface area contributed by atoms with Crippen molar-refractivity contribution >= 4 is 15.9 Å². The normalized spacial score (nSPS) is 16.4. The number of nitrogens with zero attached hydrogens (tertiary/aromatic N) is 4. The maximum absolute atomic E-state index is 3.91. The van der Waals surface area contributed by atoms with E-state index in [0.29, 0.717) is 10.7 Å². The largest absolute Gasteiger partial charge is 0.232 e. The Morgan fingerprint density at radius 2 is 2.09 bits per heavy atom. The molecular formula is C6H11BrN4. The van der Waals surface area contributed by atoms with Crippen molar-refractivity contribution < 1.29 is 0 Å². The van der Waals surface area contributed by atoms with Crippen molar-refractivity contribution in [2.45, 2.75) is 24.6 Å². The molecule has 0 aliphatic heterocycles. The zero-order valence-electron chi connectivity index (χ0n) is 6.82. The summed E-state index contributed by atoms with van der Waals surface area (Å²) in [5.41, 5.74) is 0. The van der Waals surface area contributed by atoms with Crippen LogP contribution in [0.4, 0.5) is 0 Å². The van der Waals surface area contributed by atoms with E-state index in [2.05, 4.69) is 45.3 Å². The molecule has 2 unspecified atom stereocenters. The summed E-state index contributed by atoms with van der Waals surface area (Å²) in [7, 11) is 1.85. The fourth-order valence-corrected chi connectivity index (χ4v) is 1.06. The van der Waals surface area contributed by atoms with Crippen molar-refractivity contribution in [1.29, 1.82) is 0 Å². The highest BCUT2D eigenvalue weighted by Crippen LogP contribution is 2.20. The molecule has 4 nitrogen and oxygen atoms in total. The quantitative estimate of drug-likeness (QED) is 0.699. The van der Waals surface area contributed by atoms with Crippen molar-refractivity contribution in [3.8, 4) is 0 Å². The molecule has 0 bridgehead atoms. The van der Waals surface area contributed by atoms with Gasteiger partial charge in [0, 0.05) is 17.8 Å². The van der Waals surface area contributed by atoms with Crippen molar-refractivity contribution in [2.24, 2.45) is 7.05 Å². The molecule has 0 N–H and O–H groups in total. The second-order valence-electron chi connectivity index (χ2n) is 2.63. The van der Waals surface area contributed by atoms with Gasteiger partial charge >= 0.3 is 0 Å². The van der Waals surface area contributed by atoms with Gasteiger partial charge in [0.25, 0.3) is 0 Å². The van der Waals surface area contributed by atoms with E-state index in [4.69, 9.17) is 0 Å². The van der Waals surface area contributed by atoms with Crippen LogP contribution in [0.25, 0.3) is 0 Å². The summed E-state index contributed by atoms with van der Waals surface area (Å²) in [6.45, 7) is 4.17. The van der Waals surface area contributed by atoms with Crippen molar-refractivity contribution in [3.63, 3.8) is 0 Å². The van der Waals surface area contributed by atoms with Gasteiger partial charge in [-0.15, -0.1) is 5.10 Å². The van der Waals surface area contributed by atoms with E-state index in [0.717, 1.165) is 5.82 Å². The number of alkyl halides is 1. The van der Waals surface area contributed by atoms with Crippen LogP contribution in [-0.4, -0.2) is 25.0 Å². The third-order valence-corrected chi connectivity index (χ3v) is 2.54. The van der Waals surface area contributed by atoms with Crippen molar-refractivity contribution in [3.05, 3.63) is 5.82 Å². The fourth-order valence-electron chi connectivity index (χ4n) is 0.828. The number of hydrogen-bond donors (Lipinski definition) is 0. The van der Waals surface area contributed by atoms with Crippen LogP contribution in [0.5, 0.6) is 0 Å². The first-order valence-corrected chi connectivity index (χ1v) is 4.41. The lowest BCUT2D eigenvalue weighted by Gasteiger charge is -2.10. The molecule has 11 heavy (non-hydrogen) atoms. The van der Waals surface area contributed by atoms with E-state index in [1.54, 1.807) is 4.68 Å². The maximum atomic E-state index is 3.91. The zero-order chi connectivity index (χ0) is 8.43. The number of hydrogen-bond acceptors (Lipinski definition) is 3. The average molecular weight is 219 g/mol. The minimum atomic E-state index is 0.343. The monoisotopic (exact) mass is 218 g/mol. The number of halogens is 1. The van der Waals surface area contributed by atoms with Crippen LogP contribution in [0.1, 0.15) is 25.6 Å². The predicted octanol–water partition coefficient (Wildman–Crippen LogP) is 1.10. The first-order chi connectivity index (χ1) is 5.13. The molecule has 5 heteroatoms. The minimum absolute atomic E-state index is 0.343. The summed E-state index contributed by atoms with van der Waals surface area (Å²) < 4.78 is 1.70. The summed E-state index contributed by atoms with van der Waals surface area (Å²) in [6, 6.07) is 0. The molecule has 1 rings (SSSR count). The number of tetrazole rings is 1. The molecule has 0 saturated carbocycles. The molecule has 62 valence electrons. The Kier molecular flexibility index (Phi) is 2.59. The second kappa shape index (κ2) is 3.30. The van der Waals surface area contributed by atoms with E-state index in [-0.39, 0.29) is 0 Å². The van der Waals surface area contributed by atoms with E-state index in [9.17, 15) is 0 Å². The van der Waals surface area contributed by atoms with Gasteiger partial charge in [-0.2, -0.15) is 0 Å². The number of aryl methyl sites for hydroxylation is 1. The van der Waals surface area contributed by atoms with Gasteiger partial charge in [0.15, 0.2) is 5.82 Å². The summed E-state index contributed by atoms with van der Waals surface area (Å²) in [5.74, 6) is 1.25. The minimum Gasteiger partial charge on any atom is -0.232 e. The topological polar surface area (TPSA) is 43.6 Å². The molecule has 1 heterocycles. The molecule has 0 aromatic carbocycles. The van der Waals surface area contributed by atoms with Crippen LogP contribution in [0.2, 0.25) is 0 Å². The summed E-state index contributed by atoms with van der Waals surface area (Å²) in [4.78, 5) is 0.396. The standard InChI is InChI=1S/C6H11BrN4/c1-4(5(2)7)6-8-9-10-11(6)3/h4-5H,1-3H3. The lowest BCUT2D eigenvalue weighted by molar-refractivity contribution is 0.618. The molecule has 1 aromatic rings. The van der Waals surface area contributed by atoms with Crippen LogP contribution >= 0.6 is 15.9 Å². The first-order valence-electron chi connectivity index (χ1n) is 3.49. The summed E-state index contributed by atoms with van der Waals surface area (Å²) in [6.07, 6.45) is 0. The van der Waals surface area contributed by atoms with Gasteiger partial charge in [0.1, 0.15) is 0 Å². The van der Waals surface area contributed by atoms with Crippen LogP contribution in [0.3, 0.4) is 0 Å². The van der Waals surface area contributed by atoms with Gasteiger partial charge in [0.05, 0.1) is 0 Å². The van der Waals surface area contributed by atoms with Gasteiger partial charge < -0.3 is 0 Å². The first kappa shape index (κ1) is 8.64. The summed E-state index contributed by atoms with van der Waals surface area (Å²) >= 11 is 3.49. The highest BCUT2D eigenvalue weighted by molar-refractivity contribution is 9.09. The lowest BCUT2D eigenvalue weighted by Crippen LogP contribution is -2.11. The average Bonchev–Trinajstić information content (AvgIpc) is 2.33. The predicted molar refractivity (Wildman–Crippen MR) is 45.6 cm³/mol. The number of rotatable bonds is 2. The molecule has 0 fully saturated rings. The Hall–Kier alpha value is -0.450. The van der Waals surface area contributed by atoms with Gasteiger partial charge in [-0.25, -0.2) is 4.68 Å². The maximum Gasteiger partial charge on any atom is 0.154 e. The Balaban J connectivity index is 2.84. The van der Waals surface area contributed by atoms with Crippen molar-refractivity contribution in [1.82, 2.24) is 20.2 Å². The molecule has 0 saturated heterocycles. The Morgan fingerprint density at radius 1 is 1.45 bits per heavy atom. The third kappa shape index (κ3) is 1.77. The van der Waals surface area contributed by atoms with Crippen molar-refractivity contribution in [2.75, 3.05) is 0 Å². The Bertz CT molecular complexity index is 232.